The van der Waals surface area contributed by atoms with Gasteiger partial charge in [-0.1, -0.05) is 5.57 Å². The molecule has 0 aliphatic rings. The van der Waals surface area contributed by atoms with Crippen molar-refractivity contribution < 1.29 is 0 Å². The lowest BCUT2D eigenvalue weighted by Crippen LogP contribution is -1.98. The molecule has 0 spiro atoms. The second-order valence-corrected chi connectivity index (χ2v) is 4.89. The predicted octanol–water partition coefficient (Wildman–Crippen LogP) is 3.32. The summed E-state index contributed by atoms with van der Waals surface area (Å²) in [5, 5.41) is 5.72. The lowest BCUT2D eigenvalue weighted by atomic mass is 10.2. The molecule has 2 aromatic rings. The molecule has 3 heteroatoms. The predicted molar refractivity (Wildman–Crippen MR) is 62.4 cm³/mol. The maximum absolute atomic E-state index is 5.53. The molecule has 0 aromatic carbocycles. The van der Waals surface area contributed by atoms with E-state index >= 15 is 0 Å². The van der Waals surface area contributed by atoms with Gasteiger partial charge in [0.2, 0.25) is 0 Å². The zero-order chi connectivity index (χ0) is 9.26. The molecule has 0 amide bonds. The quantitative estimate of drug-likeness (QED) is 0.806. The van der Waals surface area contributed by atoms with Gasteiger partial charge in [0, 0.05) is 26.9 Å². The minimum absolute atomic E-state index is 0.644. The Labute approximate surface area is 85.5 Å². The van der Waals surface area contributed by atoms with Crippen molar-refractivity contribution >= 4 is 38.8 Å². The fraction of sp³-hybridized carbons (Fsp3) is 0.200. The van der Waals surface area contributed by atoms with Gasteiger partial charge in [-0.15, -0.1) is 11.3 Å². The number of hydrogen-bond acceptors (Lipinski definition) is 3. The van der Waals surface area contributed by atoms with Gasteiger partial charge in [-0.25, -0.2) is 0 Å². The molecule has 0 aliphatic heterocycles. The highest BCUT2D eigenvalue weighted by Gasteiger charge is 1.99. The minimum atomic E-state index is 0.644. The van der Waals surface area contributed by atoms with Gasteiger partial charge < -0.3 is 5.73 Å². The van der Waals surface area contributed by atoms with Crippen LogP contribution in [0.4, 0.5) is 0 Å². The summed E-state index contributed by atoms with van der Waals surface area (Å²) in [4.78, 5) is 1.31. The van der Waals surface area contributed by atoms with Crippen LogP contribution in [0.15, 0.2) is 22.4 Å². The van der Waals surface area contributed by atoms with E-state index in [4.69, 9.17) is 5.73 Å². The zero-order valence-corrected chi connectivity index (χ0v) is 9.04. The Morgan fingerprint density at radius 1 is 1.54 bits per heavy atom. The van der Waals surface area contributed by atoms with Gasteiger partial charge in [0.25, 0.3) is 0 Å². The Morgan fingerprint density at radius 3 is 3.08 bits per heavy atom. The summed E-state index contributed by atoms with van der Waals surface area (Å²) in [6.45, 7) is 2.71. The van der Waals surface area contributed by atoms with Gasteiger partial charge in [-0.2, -0.15) is 11.3 Å². The first-order chi connectivity index (χ1) is 6.29. The third kappa shape index (κ3) is 1.82. The summed E-state index contributed by atoms with van der Waals surface area (Å²) >= 11 is 3.58. The van der Waals surface area contributed by atoms with Crippen molar-refractivity contribution in [3.63, 3.8) is 0 Å². The van der Waals surface area contributed by atoms with E-state index in [9.17, 15) is 0 Å². The molecule has 1 nitrogen and oxygen atoms in total. The van der Waals surface area contributed by atoms with E-state index in [1.807, 2.05) is 11.3 Å². The van der Waals surface area contributed by atoms with Crippen LogP contribution < -0.4 is 5.73 Å². The number of rotatable bonds is 2. The Morgan fingerprint density at radius 2 is 2.38 bits per heavy atom. The Bertz CT molecular complexity index is 408. The highest BCUT2D eigenvalue weighted by Crippen LogP contribution is 2.29. The van der Waals surface area contributed by atoms with Crippen molar-refractivity contribution in [2.75, 3.05) is 6.54 Å². The Hall–Kier alpha value is -0.640. The number of hydrogen-bond donors (Lipinski definition) is 1. The highest BCUT2D eigenvalue weighted by atomic mass is 32.1. The van der Waals surface area contributed by atoms with Crippen molar-refractivity contribution in [2.45, 2.75) is 6.92 Å². The van der Waals surface area contributed by atoms with Gasteiger partial charge in [-0.05, 0) is 24.4 Å². The summed E-state index contributed by atoms with van der Waals surface area (Å²) in [5.41, 5.74) is 6.76. The van der Waals surface area contributed by atoms with Gasteiger partial charge in [-0.3, -0.25) is 0 Å². The minimum Gasteiger partial charge on any atom is -0.327 e. The summed E-state index contributed by atoms with van der Waals surface area (Å²) in [6, 6.07) is 2.22. The topological polar surface area (TPSA) is 26.0 Å². The van der Waals surface area contributed by atoms with E-state index in [1.165, 1.54) is 20.5 Å². The summed E-state index contributed by atoms with van der Waals surface area (Å²) in [5.74, 6) is 0. The number of nitrogens with two attached hydrogens (primary N) is 1. The first kappa shape index (κ1) is 8.94. The summed E-state index contributed by atoms with van der Waals surface area (Å²) in [7, 11) is 0. The van der Waals surface area contributed by atoms with Crippen LogP contribution in [0.3, 0.4) is 0 Å². The summed E-state index contributed by atoms with van der Waals surface area (Å²) < 4.78 is 1.38. The highest BCUT2D eigenvalue weighted by molar-refractivity contribution is 7.23. The van der Waals surface area contributed by atoms with Crippen LogP contribution in [-0.4, -0.2) is 6.54 Å². The van der Waals surface area contributed by atoms with E-state index in [0.717, 1.165) is 0 Å². The summed E-state index contributed by atoms with van der Waals surface area (Å²) in [6.07, 6.45) is 2.16. The number of fused-ring (bicyclic) bond motifs is 1. The van der Waals surface area contributed by atoms with Crippen LogP contribution in [0.1, 0.15) is 11.8 Å². The van der Waals surface area contributed by atoms with Crippen LogP contribution in [0.2, 0.25) is 0 Å². The Balaban J connectivity index is 2.40. The molecule has 2 N–H and O–H groups in total. The smallest absolute Gasteiger partial charge is 0.0456 e. The molecule has 0 saturated heterocycles. The Kier molecular flexibility index (Phi) is 2.49. The third-order valence-corrected chi connectivity index (χ3v) is 3.85. The van der Waals surface area contributed by atoms with Gasteiger partial charge >= 0.3 is 0 Å². The molecule has 0 saturated carbocycles. The molecule has 0 radical (unpaired) electrons. The molecule has 13 heavy (non-hydrogen) atoms. The lowest BCUT2D eigenvalue weighted by Gasteiger charge is -1.91. The maximum atomic E-state index is 5.53. The molecule has 2 aromatic heterocycles. The molecular formula is C10H11NS2. The normalized spacial score (nSPS) is 12.6. The van der Waals surface area contributed by atoms with E-state index < -0.39 is 0 Å². The SMILES string of the molecule is C/C(=C/c1cc2cscc2s1)CN. The van der Waals surface area contributed by atoms with Crippen LogP contribution in [-0.2, 0) is 0 Å². The standard InChI is InChI=1S/C10H11NS2/c1-7(4-11)2-9-3-8-5-12-6-10(8)13-9/h2-3,5-6H,4,11H2,1H3/b7-2-. The van der Waals surface area contributed by atoms with Crippen LogP contribution in [0, 0.1) is 0 Å². The molecule has 0 aliphatic carbocycles. The van der Waals surface area contributed by atoms with Crippen molar-refractivity contribution in [3.8, 4) is 0 Å². The first-order valence-corrected chi connectivity index (χ1v) is 5.88. The molecule has 0 bridgehead atoms. The van der Waals surface area contributed by atoms with Crippen molar-refractivity contribution in [1.82, 2.24) is 0 Å². The van der Waals surface area contributed by atoms with E-state index in [2.05, 4.69) is 29.8 Å². The fourth-order valence-electron chi connectivity index (χ4n) is 1.17. The largest absolute Gasteiger partial charge is 0.327 e. The molecule has 0 fully saturated rings. The van der Waals surface area contributed by atoms with Gasteiger partial charge in [0.1, 0.15) is 0 Å². The zero-order valence-electron chi connectivity index (χ0n) is 7.41. The van der Waals surface area contributed by atoms with Crippen molar-refractivity contribution in [2.24, 2.45) is 5.73 Å². The lowest BCUT2D eigenvalue weighted by molar-refractivity contribution is 1.15. The molecule has 0 atom stereocenters. The van der Waals surface area contributed by atoms with Crippen LogP contribution in [0.5, 0.6) is 0 Å². The third-order valence-electron chi connectivity index (χ3n) is 1.89. The molecule has 68 valence electrons. The molecule has 2 heterocycles. The van der Waals surface area contributed by atoms with Crippen molar-refractivity contribution in [3.05, 3.63) is 27.3 Å². The average molecular weight is 209 g/mol. The molecular weight excluding hydrogens is 198 g/mol. The second-order valence-electron chi connectivity index (χ2n) is 3.03. The fourth-order valence-corrected chi connectivity index (χ4v) is 3.20. The molecule has 0 unspecified atom stereocenters. The average Bonchev–Trinajstić information content (AvgIpc) is 2.63. The van der Waals surface area contributed by atoms with Crippen LogP contribution in [0.25, 0.3) is 16.2 Å². The van der Waals surface area contributed by atoms with E-state index in [0.29, 0.717) is 6.54 Å². The van der Waals surface area contributed by atoms with Gasteiger partial charge in [0.15, 0.2) is 0 Å². The number of thiophene rings is 2. The second kappa shape index (κ2) is 3.62. The van der Waals surface area contributed by atoms with Crippen LogP contribution >= 0.6 is 22.7 Å². The maximum Gasteiger partial charge on any atom is 0.0456 e. The molecule has 2 rings (SSSR count). The van der Waals surface area contributed by atoms with E-state index in [1.54, 1.807) is 11.3 Å². The first-order valence-electron chi connectivity index (χ1n) is 4.12. The van der Waals surface area contributed by atoms with E-state index in [-0.39, 0.29) is 0 Å². The van der Waals surface area contributed by atoms with Crippen molar-refractivity contribution in [1.29, 1.82) is 0 Å². The van der Waals surface area contributed by atoms with Gasteiger partial charge in [0.05, 0.1) is 0 Å². The monoisotopic (exact) mass is 209 g/mol.